The van der Waals surface area contributed by atoms with Crippen LogP contribution >= 0.6 is 0 Å². The minimum atomic E-state index is -2.97. The quantitative estimate of drug-likeness (QED) is 0.783. The first-order valence-corrected chi connectivity index (χ1v) is 10.3. The van der Waals surface area contributed by atoms with Crippen LogP contribution in [0.25, 0.3) is 11.0 Å². The molecule has 25 heavy (non-hydrogen) atoms. The van der Waals surface area contributed by atoms with Gasteiger partial charge in [-0.3, -0.25) is 4.79 Å². The average Bonchev–Trinajstić information content (AvgIpc) is 3.08. The molecule has 1 aliphatic rings. The molecule has 136 valence electrons. The Hall–Kier alpha value is -1.93. The zero-order valence-electron chi connectivity index (χ0n) is 14.5. The second-order valence-electron chi connectivity index (χ2n) is 6.24. The molecule has 1 aromatic heterocycles. The minimum Gasteiger partial charge on any atom is -0.380 e. The van der Waals surface area contributed by atoms with Gasteiger partial charge >= 0.3 is 0 Å². The highest BCUT2D eigenvalue weighted by Crippen LogP contribution is 2.29. The standard InChI is InChI=1S/C17H23N3O4S/c1-3-24-8-7-18-17(21)13-4-5-16-15(10-13)19-12(2)20(16)14-6-9-25(22,23)11-14/h4-5,10,14H,3,6-9,11H2,1-2H3,(H,18,21). The van der Waals surface area contributed by atoms with Crippen LogP contribution in [0.15, 0.2) is 18.2 Å². The fourth-order valence-electron chi connectivity index (χ4n) is 3.28. The monoisotopic (exact) mass is 365 g/mol. The third kappa shape index (κ3) is 3.85. The van der Waals surface area contributed by atoms with E-state index in [1.54, 1.807) is 12.1 Å². The summed E-state index contributed by atoms with van der Waals surface area (Å²) < 4.78 is 30.7. The van der Waals surface area contributed by atoms with E-state index < -0.39 is 9.84 Å². The van der Waals surface area contributed by atoms with E-state index >= 15 is 0 Å². The van der Waals surface area contributed by atoms with Gasteiger partial charge in [-0.05, 0) is 38.5 Å². The fraction of sp³-hybridized carbons (Fsp3) is 0.529. The Morgan fingerprint density at radius 1 is 1.44 bits per heavy atom. The van der Waals surface area contributed by atoms with E-state index in [0.717, 1.165) is 11.3 Å². The van der Waals surface area contributed by atoms with Gasteiger partial charge in [-0.1, -0.05) is 0 Å². The summed E-state index contributed by atoms with van der Waals surface area (Å²) in [7, 11) is -2.97. The molecule has 0 spiro atoms. The van der Waals surface area contributed by atoms with Gasteiger partial charge in [0.1, 0.15) is 5.82 Å². The van der Waals surface area contributed by atoms with Crippen LogP contribution in [0.2, 0.25) is 0 Å². The smallest absolute Gasteiger partial charge is 0.251 e. The summed E-state index contributed by atoms with van der Waals surface area (Å²) in [6.45, 7) is 5.33. The molecule has 0 aliphatic carbocycles. The predicted molar refractivity (Wildman–Crippen MR) is 95.6 cm³/mol. The number of fused-ring (bicyclic) bond motifs is 1. The highest BCUT2D eigenvalue weighted by molar-refractivity contribution is 7.91. The summed E-state index contributed by atoms with van der Waals surface area (Å²) in [6.07, 6.45) is 0.605. The molecule has 1 aliphatic heterocycles. The normalized spacial score (nSPS) is 19.4. The SMILES string of the molecule is CCOCCNC(=O)c1ccc2c(c1)nc(C)n2C1CCS(=O)(=O)C1. The van der Waals surface area contributed by atoms with E-state index in [4.69, 9.17) is 4.74 Å². The summed E-state index contributed by atoms with van der Waals surface area (Å²) in [4.78, 5) is 16.7. The number of ether oxygens (including phenoxy) is 1. The molecule has 1 saturated heterocycles. The van der Waals surface area contributed by atoms with E-state index in [1.807, 2.05) is 24.5 Å². The number of imidazole rings is 1. The number of amides is 1. The first-order chi connectivity index (χ1) is 11.9. The molecule has 1 unspecified atom stereocenters. The summed E-state index contributed by atoms with van der Waals surface area (Å²) >= 11 is 0. The lowest BCUT2D eigenvalue weighted by atomic mass is 10.1. The van der Waals surface area contributed by atoms with Crippen molar-refractivity contribution in [1.82, 2.24) is 14.9 Å². The highest BCUT2D eigenvalue weighted by Gasteiger charge is 2.31. The number of carbonyl (C=O) groups excluding carboxylic acids is 1. The maximum absolute atomic E-state index is 12.2. The number of nitrogens with one attached hydrogen (secondary N) is 1. The van der Waals surface area contributed by atoms with Crippen molar-refractivity contribution in [3.8, 4) is 0 Å². The van der Waals surface area contributed by atoms with Gasteiger partial charge < -0.3 is 14.6 Å². The lowest BCUT2D eigenvalue weighted by Gasteiger charge is -2.13. The van der Waals surface area contributed by atoms with Crippen molar-refractivity contribution in [3.63, 3.8) is 0 Å². The molecule has 2 heterocycles. The molecule has 1 N–H and O–H groups in total. The van der Waals surface area contributed by atoms with Crippen LogP contribution in [-0.4, -0.2) is 55.1 Å². The van der Waals surface area contributed by atoms with E-state index in [9.17, 15) is 13.2 Å². The number of carbonyl (C=O) groups is 1. The van der Waals surface area contributed by atoms with Gasteiger partial charge in [-0.15, -0.1) is 0 Å². The van der Waals surface area contributed by atoms with Gasteiger partial charge in [0.25, 0.3) is 5.91 Å². The van der Waals surface area contributed by atoms with Gasteiger partial charge in [-0.2, -0.15) is 0 Å². The molecule has 1 fully saturated rings. The largest absolute Gasteiger partial charge is 0.380 e. The Kier molecular flexibility index (Phi) is 5.10. The third-order valence-electron chi connectivity index (χ3n) is 4.44. The van der Waals surface area contributed by atoms with Crippen molar-refractivity contribution < 1.29 is 17.9 Å². The molecule has 7 nitrogen and oxygen atoms in total. The summed E-state index contributed by atoms with van der Waals surface area (Å²) in [5.41, 5.74) is 2.11. The van der Waals surface area contributed by atoms with Crippen molar-refractivity contribution in [2.45, 2.75) is 26.3 Å². The number of rotatable bonds is 6. The topological polar surface area (TPSA) is 90.3 Å². The Balaban J connectivity index is 1.82. The number of aryl methyl sites for hydroxylation is 1. The van der Waals surface area contributed by atoms with Gasteiger partial charge in [0.05, 0.1) is 35.2 Å². The van der Waals surface area contributed by atoms with Gasteiger partial charge in [-0.25, -0.2) is 13.4 Å². The maximum Gasteiger partial charge on any atom is 0.251 e. The fourth-order valence-corrected chi connectivity index (χ4v) is 4.98. The number of hydrogen-bond donors (Lipinski definition) is 1. The predicted octanol–water partition coefficient (Wildman–Crippen LogP) is 1.47. The van der Waals surface area contributed by atoms with Crippen molar-refractivity contribution >= 4 is 26.8 Å². The Morgan fingerprint density at radius 2 is 2.24 bits per heavy atom. The Labute approximate surface area is 147 Å². The van der Waals surface area contributed by atoms with Crippen molar-refractivity contribution in [2.24, 2.45) is 0 Å². The second-order valence-corrected chi connectivity index (χ2v) is 8.47. The molecule has 1 atom stereocenters. The number of nitrogens with zero attached hydrogens (tertiary/aromatic N) is 2. The molecule has 0 saturated carbocycles. The third-order valence-corrected chi connectivity index (χ3v) is 6.19. The van der Waals surface area contributed by atoms with Crippen LogP contribution in [0.5, 0.6) is 0 Å². The van der Waals surface area contributed by atoms with E-state index in [1.165, 1.54) is 0 Å². The maximum atomic E-state index is 12.2. The molecule has 3 rings (SSSR count). The summed E-state index contributed by atoms with van der Waals surface area (Å²) in [6, 6.07) is 5.26. The minimum absolute atomic E-state index is 0.0825. The number of hydrogen-bond acceptors (Lipinski definition) is 5. The number of aromatic nitrogens is 2. The molecular weight excluding hydrogens is 342 g/mol. The number of benzene rings is 1. The second kappa shape index (κ2) is 7.13. The zero-order valence-corrected chi connectivity index (χ0v) is 15.3. The van der Waals surface area contributed by atoms with Crippen LogP contribution < -0.4 is 5.32 Å². The van der Waals surface area contributed by atoms with E-state index in [2.05, 4.69) is 10.3 Å². The average molecular weight is 365 g/mol. The van der Waals surface area contributed by atoms with E-state index in [-0.39, 0.29) is 23.5 Å². The van der Waals surface area contributed by atoms with Gasteiger partial charge in [0, 0.05) is 18.7 Å². The molecular formula is C17H23N3O4S. The van der Waals surface area contributed by atoms with Crippen molar-refractivity contribution in [1.29, 1.82) is 0 Å². The van der Waals surface area contributed by atoms with Gasteiger partial charge in [0.15, 0.2) is 9.84 Å². The summed E-state index contributed by atoms with van der Waals surface area (Å²) in [5, 5.41) is 2.81. The summed E-state index contributed by atoms with van der Waals surface area (Å²) in [5.74, 6) is 0.971. The number of sulfone groups is 1. The van der Waals surface area contributed by atoms with E-state index in [0.29, 0.717) is 37.3 Å². The van der Waals surface area contributed by atoms with Crippen LogP contribution in [-0.2, 0) is 14.6 Å². The van der Waals surface area contributed by atoms with Crippen LogP contribution in [0.4, 0.5) is 0 Å². The van der Waals surface area contributed by atoms with Gasteiger partial charge in [0.2, 0.25) is 0 Å². The first kappa shape index (κ1) is 17.9. The molecule has 1 aromatic carbocycles. The molecule has 0 bridgehead atoms. The Bertz CT molecular complexity index is 889. The van der Waals surface area contributed by atoms with Crippen LogP contribution in [0, 0.1) is 6.92 Å². The lowest BCUT2D eigenvalue weighted by Crippen LogP contribution is -2.27. The first-order valence-electron chi connectivity index (χ1n) is 8.46. The molecule has 8 heteroatoms. The lowest BCUT2D eigenvalue weighted by molar-refractivity contribution is 0.0922. The molecule has 1 amide bonds. The van der Waals surface area contributed by atoms with Crippen molar-refractivity contribution in [3.05, 3.63) is 29.6 Å². The highest BCUT2D eigenvalue weighted by atomic mass is 32.2. The molecule has 2 aromatic rings. The Morgan fingerprint density at radius 3 is 2.92 bits per heavy atom. The van der Waals surface area contributed by atoms with Crippen LogP contribution in [0.3, 0.4) is 0 Å². The zero-order chi connectivity index (χ0) is 18.0. The van der Waals surface area contributed by atoms with Crippen molar-refractivity contribution in [2.75, 3.05) is 31.3 Å². The molecule has 0 radical (unpaired) electrons. The van der Waals surface area contributed by atoms with Crippen LogP contribution in [0.1, 0.15) is 35.6 Å².